The van der Waals surface area contributed by atoms with E-state index in [0.717, 1.165) is 30.2 Å². The Morgan fingerprint density at radius 3 is 2.81 bits per heavy atom. The van der Waals surface area contributed by atoms with E-state index >= 15 is 0 Å². The van der Waals surface area contributed by atoms with Crippen LogP contribution < -0.4 is 9.96 Å². The first-order chi connectivity index (χ1) is 7.86. The number of nitrogens with one attached hydrogen (secondary N) is 1. The molecule has 2 aliphatic heterocycles. The van der Waals surface area contributed by atoms with Crippen LogP contribution in [-0.2, 0) is 0 Å². The van der Waals surface area contributed by atoms with E-state index in [1.165, 1.54) is 25.6 Å². The summed E-state index contributed by atoms with van der Waals surface area (Å²) in [6.45, 7) is 2.17. The Labute approximate surface area is 94.8 Å². The molecule has 0 bridgehead atoms. The summed E-state index contributed by atoms with van der Waals surface area (Å²) in [4.78, 5) is 6.58. The highest BCUT2D eigenvalue weighted by Gasteiger charge is 2.22. The summed E-state index contributed by atoms with van der Waals surface area (Å²) >= 11 is 0. The fourth-order valence-corrected chi connectivity index (χ4v) is 2.45. The Morgan fingerprint density at radius 1 is 1.19 bits per heavy atom. The SMILES string of the molecule is [O-][NH+]1C=Nc2c(N3CCCCC3)cccc21. The number of hydroxylamine groups is 1. The molecule has 84 valence electrons. The smallest absolute Gasteiger partial charge is 0.194 e. The van der Waals surface area contributed by atoms with Crippen molar-refractivity contribution < 1.29 is 5.06 Å². The molecule has 4 nitrogen and oxygen atoms in total. The zero-order valence-electron chi connectivity index (χ0n) is 9.15. The highest BCUT2D eigenvalue weighted by molar-refractivity contribution is 5.83. The van der Waals surface area contributed by atoms with E-state index in [4.69, 9.17) is 0 Å². The molecule has 2 aliphatic rings. The maximum Gasteiger partial charge on any atom is 0.194 e. The minimum Gasteiger partial charge on any atom is -0.623 e. The third kappa shape index (κ3) is 1.50. The van der Waals surface area contributed by atoms with E-state index in [1.54, 1.807) is 0 Å². The van der Waals surface area contributed by atoms with Crippen molar-refractivity contribution in [3.63, 3.8) is 0 Å². The Bertz CT molecular complexity index is 424. The summed E-state index contributed by atoms with van der Waals surface area (Å²) in [6.07, 6.45) is 5.22. The van der Waals surface area contributed by atoms with Gasteiger partial charge in [0.2, 0.25) is 0 Å². The van der Waals surface area contributed by atoms with E-state index < -0.39 is 0 Å². The lowest BCUT2D eigenvalue weighted by molar-refractivity contribution is -0.655. The molecule has 0 aliphatic carbocycles. The van der Waals surface area contributed by atoms with Crippen LogP contribution in [0.3, 0.4) is 0 Å². The van der Waals surface area contributed by atoms with Gasteiger partial charge in [-0.2, -0.15) is 4.99 Å². The molecule has 1 aromatic carbocycles. The van der Waals surface area contributed by atoms with E-state index in [0.29, 0.717) is 0 Å². The number of piperidine rings is 1. The van der Waals surface area contributed by atoms with Crippen molar-refractivity contribution in [1.29, 1.82) is 0 Å². The molecule has 4 heteroatoms. The summed E-state index contributed by atoms with van der Waals surface area (Å²) < 4.78 is 0. The van der Waals surface area contributed by atoms with Crippen LogP contribution in [0, 0.1) is 5.21 Å². The van der Waals surface area contributed by atoms with Gasteiger partial charge < -0.3 is 10.1 Å². The van der Waals surface area contributed by atoms with E-state index in [-0.39, 0.29) is 5.06 Å². The van der Waals surface area contributed by atoms with Gasteiger partial charge in [-0.25, -0.2) is 0 Å². The second-order valence-electron chi connectivity index (χ2n) is 4.34. The van der Waals surface area contributed by atoms with Crippen LogP contribution in [0.1, 0.15) is 19.3 Å². The minimum atomic E-state index is 0.0360. The molecule has 0 radical (unpaired) electrons. The number of fused-ring (bicyclic) bond motifs is 1. The Balaban J connectivity index is 1.98. The van der Waals surface area contributed by atoms with Gasteiger partial charge in [-0.15, -0.1) is 0 Å². The van der Waals surface area contributed by atoms with Crippen molar-refractivity contribution >= 4 is 23.4 Å². The summed E-state index contributed by atoms with van der Waals surface area (Å²) in [6, 6.07) is 5.88. The van der Waals surface area contributed by atoms with Crippen molar-refractivity contribution in [3.8, 4) is 0 Å². The third-order valence-corrected chi connectivity index (χ3v) is 3.29. The fourth-order valence-electron chi connectivity index (χ4n) is 2.45. The highest BCUT2D eigenvalue weighted by atomic mass is 16.5. The number of para-hydroxylation sites is 1. The minimum absolute atomic E-state index is 0.0360. The molecule has 0 spiro atoms. The quantitative estimate of drug-likeness (QED) is 0.722. The van der Waals surface area contributed by atoms with Crippen LogP contribution in [0.5, 0.6) is 0 Å². The summed E-state index contributed by atoms with van der Waals surface area (Å²) in [5.74, 6) is 0. The van der Waals surface area contributed by atoms with E-state index in [1.807, 2.05) is 12.1 Å². The summed E-state index contributed by atoms with van der Waals surface area (Å²) in [5, 5.41) is 11.6. The van der Waals surface area contributed by atoms with Gasteiger partial charge in [0.15, 0.2) is 17.7 Å². The molecule has 1 aromatic rings. The Kier molecular flexibility index (Phi) is 2.38. The molecular weight excluding hydrogens is 202 g/mol. The Morgan fingerprint density at radius 2 is 2.00 bits per heavy atom. The lowest BCUT2D eigenvalue weighted by Gasteiger charge is -2.29. The van der Waals surface area contributed by atoms with Gasteiger partial charge in [0, 0.05) is 19.2 Å². The standard InChI is InChI=1S/C12H15N3O/c16-15-9-13-12-10(5-4-6-11(12)15)14-7-2-1-3-8-14/h4-6,9,15H,1-3,7-8H2. The van der Waals surface area contributed by atoms with Crippen molar-refractivity contribution in [2.75, 3.05) is 18.0 Å². The average Bonchev–Trinajstić information content (AvgIpc) is 2.73. The number of rotatable bonds is 1. The maximum absolute atomic E-state index is 11.5. The van der Waals surface area contributed by atoms with Crippen LogP contribution in [-0.4, -0.2) is 19.4 Å². The normalized spacial score (nSPS) is 23.6. The van der Waals surface area contributed by atoms with Crippen LogP contribution in [0.4, 0.5) is 17.1 Å². The summed E-state index contributed by atoms with van der Waals surface area (Å²) in [7, 11) is 0. The van der Waals surface area contributed by atoms with Gasteiger partial charge in [0.25, 0.3) is 0 Å². The number of quaternary nitrogens is 1. The molecule has 1 N–H and O–H groups in total. The molecule has 1 saturated heterocycles. The summed E-state index contributed by atoms with van der Waals surface area (Å²) in [5.41, 5.74) is 2.75. The van der Waals surface area contributed by atoms with Gasteiger partial charge in [0.05, 0.1) is 5.69 Å². The molecule has 1 unspecified atom stereocenters. The molecule has 0 saturated carbocycles. The number of anilines is 1. The molecule has 2 heterocycles. The first-order valence-corrected chi connectivity index (χ1v) is 5.82. The van der Waals surface area contributed by atoms with Crippen molar-refractivity contribution in [3.05, 3.63) is 23.4 Å². The molecule has 1 fully saturated rings. The van der Waals surface area contributed by atoms with Gasteiger partial charge in [0.1, 0.15) is 0 Å². The predicted molar refractivity (Wildman–Crippen MR) is 64.6 cm³/mol. The van der Waals surface area contributed by atoms with Gasteiger partial charge in [-0.1, -0.05) is 6.07 Å². The topological polar surface area (TPSA) is 43.1 Å². The fraction of sp³-hybridized carbons (Fsp3) is 0.417. The van der Waals surface area contributed by atoms with Gasteiger partial charge in [-0.3, -0.25) is 5.06 Å². The monoisotopic (exact) mass is 217 g/mol. The number of benzene rings is 1. The van der Waals surface area contributed by atoms with E-state index in [9.17, 15) is 5.21 Å². The van der Waals surface area contributed by atoms with Gasteiger partial charge in [-0.05, 0) is 25.3 Å². The predicted octanol–water partition coefficient (Wildman–Crippen LogP) is 1.36. The zero-order valence-corrected chi connectivity index (χ0v) is 9.15. The van der Waals surface area contributed by atoms with Crippen LogP contribution in [0.25, 0.3) is 0 Å². The van der Waals surface area contributed by atoms with Gasteiger partial charge >= 0.3 is 0 Å². The second-order valence-corrected chi connectivity index (χ2v) is 4.34. The first kappa shape index (κ1) is 9.81. The number of hydrogen-bond donors (Lipinski definition) is 1. The van der Waals surface area contributed by atoms with Crippen LogP contribution in [0.2, 0.25) is 0 Å². The maximum atomic E-state index is 11.5. The highest BCUT2D eigenvalue weighted by Crippen LogP contribution is 2.36. The average molecular weight is 217 g/mol. The number of aliphatic imine (C=N–C) groups is 1. The molecule has 3 rings (SSSR count). The number of nitrogens with zero attached hydrogens (tertiary/aromatic N) is 2. The first-order valence-electron chi connectivity index (χ1n) is 5.82. The molecule has 0 aromatic heterocycles. The van der Waals surface area contributed by atoms with Crippen LogP contribution in [0.15, 0.2) is 23.2 Å². The van der Waals surface area contributed by atoms with Crippen molar-refractivity contribution in [1.82, 2.24) is 0 Å². The Hall–Kier alpha value is -1.39. The van der Waals surface area contributed by atoms with Crippen molar-refractivity contribution in [2.24, 2.45) is 4.99 Å². The molecule has 1 atom stereocenters. The molecule has 0 amide bonds. The number of hydrogen-bond acceptors (Lipinski definition) is 3. The molecule has 16 heavy (non-hydrogen) atoms. The van der Waals surface area contributed by atoms with Crippen molar-refractivity contribution in [2.45, 2.75) is 19.3 Å². The third-order valence-electron chi connectivity index (χ3n) is 3.29. The van der Waals surface area contributed by atoms with Crippen LogP contribution >= 0.6 is 0 Å². The second kappa shape index (κ2) is 3.88. The zero-order chi connectivity index (χ0) is 11.0. The lowest BCUT2D eigenvalue weighted by atomic mass is 10.1. The largest absolute Gasteiger partial charge is 0.623 e. The van der Waals surface area contributed by atoms with E-state index in [2.05, 4.69) is 16.0 Å². The molecular formula is C12H15N3O. The lowest BCUT2D eigenvalue weighted by Crippen LogP contribution is -2.99.